The van der Waals surface area contributed by atoms with Gasteiger partial charge in [0.05, 0.1) is 27.1 Å². The highest BCUT2D eigenvalue weighted by Crippen LogP contribution is 2.60. The van der Waals surface area contributed by atoms with E-state index in [1.54, 1.807) is 22.8 Å². The van der Waals surface area contributed by atoms with Crippen molar-refractivity contribution < 1.29 is 19.1 Å². The van der Waals surface area contributed by atoms with Crippen LogP contribution in [0.3, 0.4) is 0 Å². The number of carbonyl (C=O) groups is 2. The van der Waals surface area contributed by atoms with E-state index >= 15 is 0 Å². The highest BCUT2D eigenvalue weighted by Gasteiger charge is 2.14. The largest absolute Gasteiger partial charge is 0.469 e. The van der Waals surface area contributed by atoms with Crippen molar-refractivity contribution in [2.24, 2.45) is 0 Å². The third-order valence-electron chi connectivity index (χ3n) is 2.45. The maximum atomic E-state index is 11.2. The molecule has 0 amide bonds. The number of benzene rings is 1. The van der Waals surface area contributed by atoms with Crippen molar-refractivity contribution in [1.29, 1.82) is 0 Å². The second-order valence-corrected chi connectivity index (χ2v) is 10.7. The summed E-state index contributed by atoms with van der Waals surface area (Å²) in [5.41, 5.74) is 0. The van der Waals surface area contributed by atoms with Gasteiger partial charge in [0.25, 0.3) is 0 Å². The summed E-state index contributed by atoms with van der Waals surface area (Å²) in [7, 11) is 2.80. The van der Waals surface area contributed by atoms with E-state index < -0.39 is 6.33 Å². The van der Waals surface area contributed by atoms with E-state index in [0.717, 1.165) is 11.5 Å². The van der Waals surface area contributed by atoms with E-state index in [-0.39, 0.29) is 11.9 Å². The lowest BCUT2D eigenvalue weighted by Crippen LogP contribution is -2.03. The topological polar surface area (TPSA) is 52.6 Å². The monoisotopic (exact) mass is 346 g/mol. The average molecular weight is 346 g/mol. The van der Waals surface area contributed by atoms with Gasteiger partial charge in [0, 0.05) is 17.8 Å². The van der Waals surface area contributed by atoms with Crippen LogP contribution in [0, 0.1) is 0 Å². The van der Waals surface area contributed by atoms with Crippen LogP contribution in [0.15, 0.2) is 30.3 Å². The van der Waals surface area contributed by atoms with Gasteiger partial charge in [-0.25, -0.2) is 0 Å². The molecule has 4 nitrogen and oxygen atoms in total. The Morgan fingerprint density at radius 2 is 1.43 bits per heavy atom. The van der Waals surface area contributed by atoms with E-state index in [4.69, 9.17) is 0 Å². The van der Waals surface area contributed by atoms with E-state index in [1.807, 2.05) is 18.2 Å². The van der Waals surface area contributed by atoms with Crippen molar-refractivity contribution in [3.05, 3.63) is 30.3 Å². The fraction of sp³-hybridized carbons (Fsp3) is 0.429. The Morgan fingerprint density at radius 3 is 1.86 bits per heavy atom. The minimum atomic E-state index is -0.509. The van der Waals surface area contributed by atoms with Crippen molar-refractivity contribution in [3.8, 4) is 0 Å². The molecule has 0 heterocycles. The van der Waals surface area contributed by atoms with Crippen LogP contribution in [0.1, 0.15) is 12.8 Å². The van der Waals surface area contributed by atoms with Crippen molar-refractivity contribution in [1.82, 2.24) is 0 Å². The van der Waals surface area contributed by atoms with Crippen LogP contribution in [-0.2, 0) is 19.1 Å². The molecule has 0 saturated carbocycles. The Bertz CT molecular complexity index is 420. The molecule has 1 rings (SSSR count). The molecule has 0 aliphatic heterocycles. The quantitative estimate of drug-likeness (QED) is 0.505. The predicted molar refractivity (Wildman–Crippen MR) is 91.2 cm³/mol. The van der Waals surface area contributed by atoms with E-state index in [2.05, 4.69) is 21.6 Å². The van der Waals surface area contributed by atoms with Gasteiger partial charge in [-0.1, -0.05) is 30.3 Å². The third kappa shape index (κ3) is 7.74. The van der Waals surface area contributed by atoms with Crippen LogP contribution < -0.4 is 5.30 Å². The lowest BCUT2D eigenvalue weighted by atomic mass is 10.4. The van der Waals surface area contributed by atoms with Gasteiger partial charge in [-0.15, -0.1) is 22.8 Å². The van der Waals surface area contributed by atoms with Gasteiger partial charge in [-0.2, -0.15) is 0 Å². The van der Waals surface area contributed by atoms with E-state index in [9.17, 15) is 9.59 Å². The van der Waals surface area contributed by atoms with E-state index in [0.29, 0.717) is 12.8 Å². The van der Waals surface area contributed by atoms with Crippen molar-refractivity contribution in [3.63, 3.8) is 0 Å². The molecule has 0 aliphatic rings. The fourth-order valence-corrected chi connectivity index (χ4v) is 8.40. The van der Waals surface area contributed by atoms with Crippen molar-refractivity contribution >= 4 is 46.3 Å². The first-order chi connectivity index (χ1) is 10.2. The van der Waals surface area contributed by atoms with Crippen LogP contribution in [0.4, 0.5) is 0 Å². The molecular formula is C14H19O4PS2. The smallest absolute Gasteiger partial charge is 0.306 e. The highest BCUT2D eigenvalue weighted by atomic mass is 33.1. The molecule has 0 N–H and O–H groups in total. The minimum Gasteiger partial charge on any atom is -0.469 e. The zero-order valence-corrected chi connectivity index (χ0v) is 14.6. The molecule has 0 saturated heterocycles. The second-order valence-electron chi connectivity index (χ2n) is 3.91. The van der Waals surface area contributed by atoms with Crippen LogP contribution in [0.2, 0.25) is 0 Å². The molecule has 7 heteroatoms. The molecule has 1 aromatic rings. The lowest BCUT2D eigenvalue weighted by molar-refractivity contribution is -0.140. The first kappa shape index (κ1) is 18.3. The van der Waals surface area contributed by atoms with Crippen molar-refractivity contribution in [2.45, 2.75) is 12.8 Å². The molecule has 0 unspecified atom stereocenters. The summed E-state index contributed by atoms with van der Waals surface area (Å²) in [6.07, 6.45) is 0.305. The molecule has 21 heavy (non-hydrogen) atoms. The SMILES string of the molecule is COC(=O)CCSP(SCCC(=O)OC)c1ccccc1. The molecule has 0 fully saturated rings. The predicted octanol–water partition coefficient (Wildman–Crippen LogP) is 3.22. The van der Waals surface area contributed by atoms with E-state index in [1.165, 1.54) is 19.5 Å². The van der Waals surface area contributed by atoms with Crippen LogP contribution >= 0.6 is 29.1 Å². The number of hydrogen-bond donors (Lipinski definition) is 0. The number of ether oxygens (including phenoxy) is 2. The van der Waals surface area contributed by atoms with Crippen LogP contribution in [0.25, 0.3) is 0 Å². The third-order valence-corrected chi connectivity index (χ3v) is 10.1. The summed E-state index contributed by atoms with van der Waals surface area (Å²) in [5, 5.41) is 1.25. The minimum absolute atomic E-state index is 0.190. The Balaban J connectivity index is 2.50. The Morgan fingerprint density at radius 1 is 0.952 bits per heavy atom. The Kier molecular flexibility index (Phi) is 9.55. The molecule has 0 spiro atoms. The molecule has 116 valence electrons. The molecule has 0 atom stereocenters. The lowest BCUT2D eigenvalue weighted by Gasteiger charge is -2.16. The molecule has 0 aliphatic carbocycles. The number of carbonyl (C=O) groups excluding carboxylic acids is 2. The fourth-order valence-electron chi connectivity index (χ4n) is 1.36. The standard InChI is InChI=1S/C14H19O4PS2/c1-17-13(15)8-10-20-19(12-6-4-3-5-7-12)21-11-9-14(16)18-2/h3-7H,8-11H2,1-2H3. The van der Waals surface area contributed by atoms with Gasteiger partial charge in [0.1, 0.15) is 0 Å². The molecule has 0 radical (unpaired) electrons. The van der Waals surface area contributed by atoms with Gasteiger partial charge in [-0.05, 0) is 5.30 Å². The molecule has 0 bridgehead atoms. The number of esters is 2. The van der Waals surface area contributed by atoms with Gasteiger partial charge in [0.2, 0.25) is 0 Å². The highest BCUT2D eigenvalue weighted by molar-refractivity contribution is 8.90. The zero-order valence-electron chi connectivity index (χ0n) is 12.1. The molecule has 1 aromatic carbocycles. The summed E-state index contributed by atoms with van der Waals surface area (Å²) >= 11 is 3.50. The summed E-state index contributed by atoms with van der Waals surface area (Å²) in [4.78, 5) is 22.4. The Hall–Kier alpha value is -0.710. The number of hydrogen-bond acceptors (Lipinski definition) is 6. The van der Waals surface area contributed by atoms with Gasteiger partial charge < -0.3 is 9.47 Å². The zero-order chi connectivity index (χ0) is 15.5. The van der Waals surface area contributed by atoms with Crippen LogP contribution in [-0.4, -0.2) is 37.7 Å². The van der Waals surface area contributed by atoms with Gasteiger partial charge in [0.15, 0.2) is 0 Å². The second kappa shape index (κ2) is 10.9. The van der Waals surface area contributed by atoms with Crippen LogP contribution in [0.5, 0.6) is 0 Å². The van der Waals surface area contributed by atoms with Gasteiger partial charge in [-0.3, -0.25) is 9.59 Å². The summed E-state index contributed by atoms with van der Waals surface area (Å²) in [6.45, 7) is 0. The summed E-state index contributed by atoms with van der Waals surface area (Å²) < 4.78 is 9.30. The number of methoxy groups -OCH3 is 2. The summed E-state index contributed by atoms with van der Waals surface area (Å²) in [5.74, 6) is 1.06. The first-order valence-corrected chi connectivity index (χ1v) is 10.9. The maximum Gasteiger partial charge on any atom is 0.306 e. The first-order valence-electron chi connectivity index (χ1n) is 6.42. The normalized spacial score (nSPS) is 10.4. The van der Waals surface area contributed by atoms with Crippen molar-refractivity contribution in [2.75, 3.05) is 25.7 Å². The molecule has 0 aromatic heterocycles. The molecular weight excluding hydrogens is 327 g/mol. The number of rotatable bonds is 9. The Labute approximate surface area is 134 Å². The summed E-state index contributed by atoms with van der Waals surface area (Å²) in [6, 6.07) is 10.2. The maximum absolute atomic E-state index is 11.2. The average Bonchev–Trinajstić information content (AvgIpc) is 2.53. The van der Waals surface area contributed by atoms with Gasteiger partial charge >= 0.3 is 11.9 Å².